The Kier molecular flexibility index (Phi) is 15.9. The zero-order chi connectivity index (χ0) is 49.1. The quantitative estimate of drug-likeness (QED) is 0.0777. The number of hydrogen-bond acceptors (Lipinski definition) is 10. The molecule has 0 aliphatic rings. The number of benzene rings is 4. The zero-order valence-corrected chi connectivity index (χ0v) is 38.9. The minimum Gasteiger partial charge on any atom is -0.354 e. The Morgan fingerprint density at radius 3 is 1.41 bits per heavy atom. The van der Waals surface area contributed by atoms with Crippen molar-refractivity contribution < 1.29 is 13.2 Å². The second-order valence-electron chi connectivity index (χ2n) is 17.0. The van der Waals surface area contributed by atoms with Crippen LogP contribution < -0.4 is 33.2 Å². The van der Waals surface area contributed by atoms with Crippen molar-refractivity contribution in [1.29, 1.82) is 0 Å². The summed E-state index contributed by atoms with van der Waals surface area (Å²) in [6.07, 6.45) is 3.46. The first-order valence-corrected chi connectivity index (χ1v) is 22.6. The number of aromatic nitrogens is 6. The van der Waals surface area contributed by atoms with Gasteiger partial charge >= 0.3 is 6.18 Å². The first-order chi connectivity index (χ1) is 33.2. The summed E-state index contributed by atoms with van der Waals surface area (Å²) in [5, 5.41) is 6.46. The van der Waals surface area contributed by atoms with Crippen LogP contribution in [-0.2, 0) is 33.1 Å². The average Bonchev–Trinajstić information content (AvgIpc) is 3.36. The summed E-state index contributed by atoms with van der Waals surface area (Å²) in [6, 6.07) is 39.4. The van der Waals surface area contributed by atoms with Gasteiger partial charge in [0.15, 0.2) is 0 Å². The lowest BCUT2D eigenvalue weighted by atomic mass is 9.95. The van der Waals surface area contributed by atoms with E-state index in [9.17, 15) is 22.8 Å². The SMILES string of the molecule is CC(C)c1cccc(-c2c(-c3ccncc3)nc(NC[C@@H](N)Cc3ccccc3)n(C)c2=O)c1.Cn1c(NC[C@@H](N)Cc2ccccc2)nc(-c2ccncc2)c(-c2ccc(C(F)(F)F)cc2)c1=O. The van der Waals surface area contributed by atoms with Crippen molar-refractivity contribution in [3.8, 4) is 44.8 Å². The van der Waals surface area contributed by atoms with Crippen LogP contribution in [0.25, 0.3) is 44.8 Å². The van der Waals surface area contributed by atoms with Crippen LogP contribution in [0.2, 0.25) is 0 Å². The molecule has 0 saturated carbocycles. The highest BCUT2D eigenvalue weighted by atomic mass is 19.4. The molecule has 0 radical (unpaired) electrons. The summed E-state index contributed by atoms with van der Waals surface area (Å²) in [4.78, 5) is 44.8. The summed E-state index contributed by atoms with van der Waals surface area (Å²) >= 11 is 0. The van der Waals surface area contributed by atoms with Gasteiger partial charge in [-0.15, -0.1) is 0 Å². The Hall–Kier alpha value is -7.75. The molecule has 0 aliphatic heterocycles. The Morgan fingerprint density at radius 2 is 0.986 bits per heavy atom. The van der Waals surface area contributed by atoms with Crippen molar-refractivity contribution in [2.45, 2.75) is 50.9 Å². The number of nitrogens with zero attached hydrogens (tertiary/aromatic N) is 6. The van der Waals surface area contributed by atoms with E-state index >= 15 is 0 Å². The fourth-order valence-corrected chi connectivity index (χ4v) is 7.78. The minimum atomic E-state index is -4.47. The number of pyridine rings is 2. The van der Waals surface area contributed by atoms with E-state index in [4.69, 9.17) is 16.5 Å². The van der Waals surface area contributed by atoms with Gasteiger partial charge in [-0.1, -0.05) is 111 Å². The molecule has 0 amide bonds. The van der Waals surface area contributed by atoms with Gasteiger partial charge < -0.3 is 22.1 Å². The molecule has 15 heteroatoms. The van der Waals surface area contributed by atoms with E-state index in [1.165, 1.54) is 27.8 Å². The average molecular weight is 933 g/mol. The van der Waals surface area contributed by atoms with Crippen LogP contribution in [0.15, 0.2) is 168 Å². The number of alkyl halides is 3. The molecule has 0 bridgehead atoms. The Labute approximate surface area is 399 Å². The second-order valence-corrected chi connectivity index (χ2v) is 17.0. The summed E-state index contributed by atoms with van der Waals surface area (Å²) in [5.74, 6) is 1.15. The molecule has 0 unspecified atom stereocenters. The molecular weight excluding hydrogens is 878 g/mol. The van der Waals surface area contributed by atoms with Crippen molar-refractivity contribution in [1.82, 2.24) is 29.1 Å². The van der Waals surface area contributed by atoms with E-state index in [1.54, 1.807) is 55.6 Å². The summed E-state index contributed by atoms with van der Waals surface area (Å²) in [7, 11) is 3.30. The van der Waals surface area contributed by atoms with Crippen LogP contribution in [0, 0.1) is 0 Å². The molecule has 8 aromatic rings. The van der Waals surface area contributed by atoms with Crippen LogP contribution in [0.4, 0.5) is 25.1 Å². The molecule has 8 rings (SSSR count). The number of nitrogens with one attached hydrogen (secondary N) is 2. The summed E-state index contributed by atoms with van der Waals surface area (Å²) in [5.41, 5.74) is 19.2. The molecule has 0 aliphatic carbocycles. The zero-order valence-electron chi connectivity index (χ0n) is 38.9. The Bertz CT molecular complexity index is 3060. The van der Waals surface area contributed by atoms with Crippen molar-refractivity contribution in [2.75, 3.05) is 23.7 Å². The van der Waals surface area contributed by atoms with Gasteiger partial charge in [-0.25, -0.2) is 9.97 Å². The van der Waals surface area contributed by atoms with Crippen molar-refractivity contribution in [3.63, 3.8) is 0 Å². The van der Waals surface area contributed by atoms with E-state index < -0.39 is 17.3 Å². The van der Waals surface area contributed by atoms with Gasteiger partial charge in [-0.05, 0) is 83.0 Å². The van der Waals surface area contributed by atoms with E-state index in [1.807, 2.05) is 72.8 Å². The predicted octanol–water partition coefficient (Wildman–Crippen LogP) is 9.12. The lowest BCUT2D eigenvalue weighted by Gasteiger charge is -2.18. The highest BCUT2D eigenvalue weighted by Crippen LogP contribution is 2.34. The molecule has 12 nitrogen and oxygen atoms in total. The topological polar surface area (TPSA) is 172 Å². The van der Waals surface area contributed by atoms with Gasteiger partial charge in [0, 0.05) is 75.2 Å². The third-order valence-corrected chi connectivity index (χ3v) is 11.6. The third kappa shape index (κ3) is 12.4. The molecule has 4 heterocycles. The third-order valence-electron chi connectivity index (χ3n) is 11.6. The van der Waals surface area contributed by atoms with Gasteiger partial charge in [0.2, 0.25) is 11.9 Å². The van der Waals surface area contributed by atoms with E-state index in [2.05, 4.69) is 63.7 Å². The van der Waals surface area contributed by atoms with Crippen molar-refractivity contribution in [2.24, 2.45) is 25.6 Å². The van der Waals surface area contributed by atoms with Gasteiger partial charge in [-0.2, -0.15) is 13.2 Å². The van der Waals surface area contributed by atoms with E-state index in [0.717, 1.165) is 35.2 Å². The molecule has 2 atom stereocenters. The first kappa shape index (κ1) is 49.2. The Morgan fingerprint density at radius 1 is 0.551 bits per heavy atom. The van der Waals surface area contributed by atoms with Gasteiger partial charge in [0.25, 0.3) is 11.1 Å². The molecule has 0 saturated heterocycles. The maximum Gasteiger partial charge on any atom is 0.416 e. The molecular formula is C54H55F3N10O2. The fraction of sp³-hybridized carbons (Fsp3) is 0.222. The van der Waals surface area contributed by atoms with Gasteiger partial charge in [-0.3, -0.25) is 28.7 Å². The second kappa shape index (κ2) is 22.4. The number of anilines is 2. The Balaban J connectivity index is 0.000000204. The van der Waals surface area contributed by atoms with Crippen LogP contribution in [0.3, 0.4) is 0 Å². The molecule has 354 valence electrons. The summed E-state index contributed by atoms with van der Waals surface area (Å²) in [6.45, 7) is 5.15. The van der Waals surface area contributed by atoms with E-state index in [0.29, 0.717) is 65.4 Å². The highest BCUT2D eigenvalue weighted by molar-refractivity contribution is 5.82. The molecule has 69 heavy (non-hydrogen) atoms. The maximum atomic E-state index is 13.6. The van der Waals surface area contributed by atoms with Crippen LogP contribution in [-0.4, -0.2) is 54.2 Å². The van der Waals surface area contributed by atoms with Crippen LogP contribution in [0.1, 0.15) is 42.0 Å². The number of hydrogen-bond donors (Lipinski definition) is 4. The molecule has 4 aromatic heterocycles. The molecule has 0 fully saturated rings. The van der Waals surface area contributed by atoms with Crippen LogP contribution >= 0.6 is 0 Å². The predicted molar refractivity (Wildman–Crippen MR) is 269 cm³/mol. The highest BCUT2D eigenvalue weighted by Gasteiger charge is 2.30. The number of nitrogens with two attached hydrogens (primary N) is 2. The molecule has 4 aromatic carbocycles. The lowest BCUT2D eigenvalue weighted by Crippen LogP contribution is -2.34. The smallest absolute Gasteiger partial charge is 0.354 e. The minimum absolute atomic E-state index is 0.109. The van der Waals surface area contributed by atoms with E-state index in [-0.39, 0.29) is 23.2 Å². The fourth-order valence-electron chi connectivity index (χ4n) is 7.78. The van der Waals surface area contributed by atoms with Crippen molar-refractivity contribution in [3.05, 3.63) is 201 Å². The normalized spacial score (nSPS) is 12.2. The van der Waals surface area contributed by atoms with Crippen LogP contribution in [0.5, 0.6) is 0 Å². The molecule has 6 N–H and O–H groups in total. The maximum absolute atomic E-state index is 13.6. The lowest BCUT2D eigenvalue weighted by molar-refractivity contribution is -0.137. The van der Waals surface area contributed by atoms with Crippen molar-refractivity contribution >= 4 is 11.9 Å². The largest absolute Gasteiger partial charge is 0.416 e. The first-order valence-electron chi connectivity index (χ1n) is 22.6. The summed E-state index contributed by atoms with van der Waals surface area (Å²) < 4.78 is 42.0. The monoisotopic (exact) mass is 932 g/mol. The number of halogens is 3. The molecule has 0 spiro atoms. The number of rotatable bonds is 15. The standard InChI is InChI=1S/C28H31N5O.C26H24F3N5O/c1-19(2)22-10-7-11-23(17-22)25-26(21-12-14-30-15-13-21)32-28(33(3)27(25)34)31-18-24(29)16-20-8-5-4-6-9-20;1-34-24(35)22(18-7-9-20(10-8-18)26(27,28)29)23(19-11-13-31-14-12-19)33-25(34)32-16-21(30)15-17-5-3-2-4-6-17/h4-15,17,19,24H,16,18,29H2,1-3H3,(H,31,32);2-14,21H,15-16,30H2,1H3,(H,32,33)/t24-;21-/m00/s1. The van der Waals surface area contributed by atoms with Gasteiger partial charge in [0.1, 0.15) is 0 Å². The van der Waals surface area contributed by atoms with Gasteiger partial charge in [0.05, 0.1) is 28.1 Å².